The van der Waals surface area contributed by atoms with Crippen LogP contribution >= 0.6 is 0 Å². The highest BCUT2D eigenvalue weighted by atomic mass is 16.7. The van der Waals surface area contributed by atoms with Crippen LogP contribution in [0.1, 0.15) is 80.6 Å². The number of hydrogen-bond donors (Lipinski definition) is 6. The number of aliphatic hydroxyl groups excluding tert-OH is 5. The molecule has 0 radical (unpaired) electrons. The van der Waals surface area contributed by atoms with Crippen LogP contribution in [0, 0.1) is 23.7 Å². The van der Waals surface area contributed by atoms with Crippen LogP contribution in [0.4, 0.5) is 0 Å². The second-order valence-electron chi connectivity index (χ2n) is 15.6. The highest BCUT2D eigenvalue weighted by molar-refractivity contribution is 5.91. The molecule has 0 aromatic carbocycles. The first-order valence-electron chi connectivity index (χ1n) is 18.7. The first-order valence-corrected chi connectivity index (χ1v) is 18.7. The van der Waals surface area contributed by atoms with Gasteiger partial charge in [0.1, 0.15) is 24.4 Å². The summed E-state index contributed by atoms with van der Waals surface area (Å²) in [4.78, 5) is 28.3. The molecule has 3 rings (SSSR count). The monoisotopic (exact) mass is 743 g/mol. The van der Waals surface area contributed by atoms with Crippen molar-refractivity contribution in [1.29, 1.82) is 0 Å². The van der Waals surface area contributed by atoms with E-state index in [2.05, 4.69) is 0 Å². The van der Waals surface area contributed by atoms with Crippen LogP contribution in [0.25, 0.3) is 0 Å². The van der Waals surface area contributed by atoms with Gasteiger partial charge in [-0.05, 0) is 73.0 Å². The van der Waals surface area contributed by atoms with Gasteiger partial charge in [-0.2, -0.15) is 0 Å². The third-order valence-corrected chi connectivity index (χ3v) is 11.0. The van der Waals surface area contributed by atoms with Gasteiger partial charge < -0.3 is 59.2 Å². The van der Waals surface area contributed by atoms with Gasteiger partial charge in [0.15, 0.2) is 18.4 Å². The lowest BCUT2D eigenvalue weighted by Crippen LogP contribution is -2.65. The Morgan fingerprint density at radius 2 is 1.65 bits per heavy atom. The van der Waals surface area contributed by atoms with Crippen molar-refractivity contribution in [2.75, 3.05) is 27.3 Å². The number of likely N-dealkylation sites (N-methyl/N-ethyl adjacent to an activating group) is 1. The number of ether oxygens (including phenoxy) is 5. The van der Waals surface area contributed by atoms with E-state index in [4.69, 9.17) is 23.7 Å². The van der Waals surface area contributed by atoms with Crippen LogP contribution in [-0.4, -0.2) is 148 Å². The van der Waals surface area contributed by atoms with E-state index in [9.17, 15) is 40.2 Å². The van der Waals surface area contributed by atoms with Crippen molar-refractivity contribution in [2.45, 2.75) is 154 Å². The van der Waals surface area contributed by atoms with E-state index >= 15 is 0 Å². The lowest BCUT2D eigenvalue weighted by molar-refractivity contribution is -0.342. The van der Waals surface area contributed by atoms with Gasteiger partial charge in [0.05, 0.1) is 49.1 Å². The summed E-state index contributed by atoms with van der Waals surface area (Å²) in [7, 11) is 3.54. The van der Waals surface area contributed by atoms with Gasteiger partial charge in [-0.1, -0.05) is 38.5 Å². The molecule has 0 spiro atoms. The highest BCUT2D eigenvalue weighted by Crippen LogP contribution is 2.37. The third kappa shape index (κ3) is 11.4. The van der Waals surface area contributed by atoms with E-state index in [1.165, 1.54) is 13.0 Å². The number of allylic oxidation sites excluding steroid dienone is 3. The summed E-state index contributed by atoms with van der Waals surface area (Å²) in [6, 6.07) is -0.700. The van der Waals surface area contributed by atoms with Crippen LogP contribution in [0.15, 0.2) is 23.8 Å². The van der Waals surface area contributed by atoms with Gasteiger partial charge >= 0.3 is 5.97 Å². The second kappa shape index (κ2) is 19.7. The summed E-state index contributed by atoms with van der Waals surface area (Å²) >= 11 is 0. The van der Waals surface area contributed by atoms with Gasteiger partial charge in [0.2, 0.25) is 0 Å². The van der Waals surface area contributed by atoms with Gasteiger partial charge in [-0.15, -0.1) is 0 Å². The van der Waals surface area contributed by atoms with Crippen LogP contribution in [0.5, 0.6) is 0 Å². The lowest BCUT2D eigenvalue weighted by Gasteiger charge is -2.50. The molecular weight excluding hydrogens is 678 g/mol. The molecule has 0 aromatic rings. The Labute approximate surface area is 308 Å². The van der Waals surface area contributed by atoms with E-state index in [0.29, 0.717) is 12.0 Å². The molecule has 3 aliphatic heterocycles. The molecule has 0 unspecified atom stereocenters. The van der Waals surface area contributed by atoms with Gasteiger partial charge in [0.25, 0.3) is 0 Å². The van der Waals surface area contributed by atoms with Crippen molar-refractivity contribution >= 4 is 11.8 Å². The molecule has 16 atom stereocenters. The van der Waals surface area contributed by atoms with E-state index in [1.807, 2.05) is 6.92 Å². The van der Waals surface area contributed by atoms with Crippen molar-refractivity contribution in [3.8, 4) is 0 Å². The molecule has 3 heterocycles. The Bertz CT molecular complexity index is 1210. The molecule has 0 bridgehead atoms. The van der Waals surface area contributed by atoms with Gasteiger partial charge in [0, 0.05) is 30.8 Å². The molecule has 0 amide bonds. The van der Waals surface area contributed by atoms with E-state index in [1.54, 1.807) is 65.8 Å². The summed E-state index contributed by atoms with van der Waals surface area (Å²) in [6.45, 7) is 11.5. The molecule has 0 saturated carbocycles. The number of nitrogens with zero attached hydrogens (tertiary/aromatic N) is 1. The number of hydrogen-bond acceptors (Lipinski definition) is 14. The Kier molecular flexibility index (Phi) is 16.9. The summed E-state index contributed by atoms with van der Waals surface area (Å²) in [5.41, 5.74) is -0.749. The molecule has 14 heteroatoms. The fraction of sp³-hybridized carbons (Fsp3) is 0.842. The number of cyclic esters (lactones) is 1. The predicted molar refractivity (Wildman–Crippen MR) is 191 cm³/mol. The maximum absolute atomic E-state index is 13.3. The normalized spacial score (nSPS) is 44.9. The summed E-state index contributed by atoms with van der Waals surface area (Å²) in [5.74, 6) is -3.10. The topological polar surface area (TPSA) is 205 Å². The molecular formula is C38H65NO13. The van der Waals surface area contributed by atoms with Crippen molar-refractivity contribution < 1.29 is 63.9 Å². The Hall–Kier alpha value is -1.82. The molecule has 14 nitrogen and oxygen atoms in total. The lowest BCUT2D eigenvalue weighted by atomic mass is 9.79. The SMILES string of the molecule is CC[C@H]1OC(=O)C[C@@H](O)[C@H](C)[C@@H](O[C@@H]2O[C@H](C)[C@@H](O[C@H]3C[C@@](C)(O)[C@@H](O)[C@H](C)O3)[C@H](N(C)C)[C@H]2O)[C@@H](CCO)C[C@@H](C)C(=O)/C=C/C(C)=C/[C@@H]1CO. The van der Waals surface area contributed by atoms with Gasteiger partial charge in [-0.3, -0.25) is 9.59 Å². The van der Waals surface area contributed by atoms with Crippen LogP contribution in [-0.2, 0) is 33.3 Å². The zero-order chi connectivity index (χ0) is 39.1. The molecule has 2 saturated heterocycles. The number of aliphatic hydroxyl groups is 6. The molecule has 0 aromatic heterocycles. The molecule has 3 aliphatic rings. The highest BCUT2D eigenvalue weighted by Gasteiger charge is 2.51. The number of ketones is 1. The Morgan fingerprint density at radius 1 is 0.981 bits per heavy atom. The van der Waals surface area contributed by atoms with E-state index < -0.39 is 103 Å². The maximum Gasteiger partial charge on any atom is 0.308 e. The average molecular weight is 744 g/mol. The molecule has 52 heavy (non-hydrogen) atoms. The molecule has 2 fully saturated rings. The summed E-state index contributed by atoms with van der Waals surface area (Å²) in [5, 5.41) is 64.8. The first kappa shape index (κ1) is 44.6. The van der Waals surface area contributed by atoms with Gasteiger partial charge in [-0.25, -0.2) is 0 Å². The summed E-state index contributed by atoms with van der Waals surface area (Å²) in [6.07, 6.45) is -4.14. The van der Waals surface area contributed by atoms with Crippen LogP contribution < -0.4 is 0 Å². The predicted octanol–water partition coefficient (Wildman–Crippen LogP) is 1.47. The van der Waals surface area contributed by atoms with Crippen molar-refractivity contribution in [2.24, 2.45) is 23.7 Å². The first-order chi connectivity index (χ1) is 24.3. The fourth-order valence-corrected chi connectivity index (χ4v) is 7.77. The van der Waals surface area contributed by atoms with Crippen molar-refractivity contribution in [1.82, 2.24) is 4.90 Å². The number of carbonyl (C=O) groups is 2. The van der Waals surface area contributed by atoms with Crippen molar-refractivity contribution in [3.63, 3.8) is 0 Å². The van der Waals surface area contributed by atoms with Crippen LogP contribution in [0.2, 0.25) is 0 Å². The molecule has 300 valence electrons. The fourth-order valence-electron chi connectivity index (χ4n) is 7.77. The molecule has 6 N–H and O–H groups in total. The summed E-state index contributed by atoms with van der Waals surface area (Å²) < 4.78 is 30.8. The largest absolute Gasteiger partial charge is 0.462 e. The third-order valence-electron chi connectivity index (χ3n) is 11.0. The van der Waals surface area contributed by atoms with Crippen LogP contribution in [0.3, 0.4) is 0 Å². The minimum Gasteiger partial charge on any atom is -0.462 e. The second-order valence-corrected chi connectivity index (χ2v) is 15.6. The van der Waals surface area contributed by atoms with Crippen molar-refractivity contribution in [3.05, 3.63) is 23.8 Å². The van der Waals surface area contributed by atoms with E-state index in [0.717, 1.165) is 0 Å². The number of esters is 1. The zero-order valence-corrected chi connectivity index (χ0v) is 32.3. The quantitative estimate of drug-likeness (QED) is 0.185. The standard InChI is InChI=1S/C38H65NO13/c1-10-29-26(19-41)15-20(2)11-12-27(42)21(3)16-25(13-14-40)34(22(4)28(43)17-30(44)50-29)52-37-33(45)32(39(8)9)35(23(5)49-37)51-31-18-38(7,47)36(46)24(6)48-31/h11-12,15,21-26,28-29,31-37,40-41,43,45-47H,10,13-14,16-19H2,1-9H3/b12-11+,20-15+/t21-,22+,23-,24+,25+,26-,28-,29-,31+,32-,33-,34-,35-,36+,37+,38-/m1/s1. The number of carbonyl (C=O) groups excluding carboxylic acids is 2. The Balaban J connectivity index is 1.95. The molecule has 0 aliphatic carbocycles. The minimum absolute atomic E-state index is 0.0116. The average Bonchev–Trinajstić information content (AvgIpc) is 3.07. The van der Waals surface area contributed by atoms with E-state index in [-0.39, 0.29) is 44.7 Å². The minimum atomic E-state index is -1.46. The Morgan fingerprint density at radius 3 is 2.23 bits per heavy atom. The maximum atomic E-state index is 13.3. The number of rotatable bonds is 9. The zero-order valence-electron chi connectivity index (χ0n) is 32.3. The smallest absolute Gasteiger partial charge is 0.308 e.